The average Bonchev–Trinajstić information content (AvgIpc) is 2.20. The third-order valence-electron chi connectivity index (χ3n) is 1.99. The lowest BCUT2D eigenvalue weighted by atomic mass is 10.2. The number of hydrogen-bond acceptors (Lipinski definition) is 3. The van der Waals surface area contributed by atoms with Gasteiger partial charge in [0.15, 0.2) is 0 Å². The van der Waals surface area contributed by atoms with Crippen LogP contribution in [0.1, 0.15) is 5.56 Å². The molecular formula is C10H12F2N2O3S. The number of sulfonamides is 1. The third kappa shape index (κ3) is 4.28. The zero-order valence-electron chi connectivity index (χ0n) is 9.70. The molecule has 0 bridgehead atoms. The van der Waals surface area contributed by atoms with Gasteiger partial charge in [0.25, 0.3) is 5.91 Å². The van der Waals surface area contributed by atoms with Crippen molar-refractivity contribution in [2.75, 3.05) is 16.3 Å². The summed E-state index contributed by atoms with van der Waals surface area (Å²) < 4.78 is 48.3. The molecule has 0 aliphatic carbocycles. The lowest BCUT2D eigenvalue weighted by Gasteiger charge is -2.10. The second kappa shape index (κ2) is 5.30. The molecule has 0 aromatic heterocycles. The first-order valence-corrected chi connectivity index (χ1v) is 6.75. The standard InChI is InChI=1S/C10H12F2N2O3S/c1-6-5-7(13-10(15)9(11)12)3-4-8(6)14-18(2,16)17/h3-5,9,14H,1-2H3,(H,13,15). The van der Waals surface area contributed by atoms with Gasteiger partial charge in [-0.25, -0.2) is 8.42 Å². The van der Waals surface area contributed by atoms with Gasteiger partial charge in [-0.05, 0) is 30.7 Å². The molecule has 0 fully saturated rings. The molecule has 0 heterocycles. The Morgan fingerprint density at radius 3 is 2.39 bits per heavy atom. The summed E-state index contributed by atoms with van der Waals surface area (Å²) in [5.74, 6) is -1.40. The van der Waals surface area contributed by atoms with Gasteiger partial charge in [-0.15, -0.1) is 0 Å². The Bertz CT molecular complexity index is 558. The van der Waals surface area contributed by atoms with Gasteiger partial charge in [0.05, 0.1) is 11.9 Å². The smallest absolute Gasteiger partial charge is 0.315 e. The van der Waals surface area contributed by atoms with Crippen LogP contribution >= 0.6 is 0 Å². The molecule has 0 radical (unpaired) electrons. The number of rotatable bonds is 4. The van der Waals surface area contributed by atoms with Crippen LogP contribution in [0.4, 0.5) is 20.2 Å². The van der Waals surface area contributed by atoms with E-state index in [1.54, 1.807) is 6.92 Å². The first kappa shape index (κ1) is 14.4. The first-order chi connectivity index (χ1) is 8.19. The molecule has 1 rings (SSSR count). The maximum atomic E-state index is 12.0. The lowest BCUT2D eigenvalue weighted by molar-refractivity contribution is -0.126. The Kier molecular flexibility index (Phi) is 4.23. The van der Waals surface area contributed by atoms with Crippen LogP contribution in [0, 0.1) is 6.92 Å². The number of nitrogens with one attached hydrogen (secondary N) is 2. The van der Waals surface area contributed by atoms with Gasteiger partial charge in [-0.3, -0.25) is 9.52 Å². The van der Waals surface area contributed by atoms with E-state index in [-0.39, 0.29) is 5.69 Å². The Morgan fingerprint density at radius 2 is 1.94 bits per heavy atom. The maximum absolute atomic E-state index is 12.0. The molecule has 0 aliphatic rings. The van der Waals surface area contributed by atoms with Gasteiger partial charge in [0.2, 0.25) is 10.0 Å². The van der Waals surface area contributed by atoms with E-state index < -0.39 is 22.4 Å². The Hall–Kier alpha value is -1.70. The van der Waals surface area contributed by atoms with E-state index in [4.69, 9.17) is 0 Å². The van der Waals surface area contributed by atoms with Crippen molar-refractivity contribution in [2.45, 2.75) is 13.3 Å². The largest absolute Gasteiger partial charge is 0.321 e. The molecule has 1 amide bonds. The van der Waals surface area contributed by atoms with Crippen LogP contribution in [-0.4, -0.2) is 27.0 Å². The van der Waals surface area contributed by atoms with Crippen molar-refractivity contribution in [1.82, 2.24) is 0 Å². The highest BCUT2D eigenvalue weighted by Crippen LogP contribution is 2.20. The molecule has 0 saturated carbocycles. The van der Waals surface area contributed by atoms with E-state index in [0.717, 1.165) is 6.26 Å². The van der Waals surface area contributed by atoms with E-state index in [1.807, 2.05) is 5.32 Å². The number of hydrogen-bond donors (Lipinski definition) is 2. The molecule has 0 aliphatic heterocycles. The van der Waals surface area contributed by atoms with Gasteiger partial charge >= 0.3 is 6.43 Å². The number of halogens is 2. The Balaban J connectivity index is 2.89. The summed E-state index contributed by atoms with van der Waals surface area (Å²) in [5.41, 5.74) is 1.01. The zero-order chi connectivity index (χ0) is 13.9. The fourth-order valence-corrected chi connectivity index (χ4v) is 1.88. The fraction of sp³-hybridized carbons (Fsp3) is 0.300. The second-order valence-electron chi connectivity index (χ2n) is 3.69. The second-order valence-corrected chi connectivity index (χ2v) is 5.44. The molecule has 0 spiro atoms. The number of aryl methyl sites for hydroxylation is 1. The molecule has 0 atom stereocenters. The van der Waals surface area contributed by atoms with Gasteiger partial charge in [0, 0.05) is 5.69 Å². The molecule has 5 nitrogen and oxygen atoms in total. The molecule has 18 heavy (non-hydrogen) atoms. The van der Waals surface area contributed by atoms with Gasteiger partial charge in [-0.2, -0.15) is 8.78 Å². The highest BCUT2D eigenvalue weighted by Gasteiger charge is 2.15. The Labute approximate surface area is 103 Å². The molecule has 8 heteroatoms. The highest BCUT2D eigenvalue weighted by atomic mass is 32.2. The molecule has 1 aromatic carbocycles. The topological polar surface area (TPSA) is 75.3 Å². The SMILES string of the molecule is Cc1cc(NC(=O)C(F)F)ccc1NS(C)(=O)=O. The minimum atomic E-state index is -3.41. The summed E-state index contributed by atoms with van der Waals surface area (Å²) in [4.78, 5) is 10.8. The van der Waals surface area contributed by atoms with E-state index in [2.05, 4.69) is 4.72 Å². The third-order valence-corrected chi connectivity index (χ3v) is 2.58. The molecule has 100 valence electrons. The van der Waals surface area contributed by atoms with E-state index in [9.17, 15) is 22.0 Å². The van der Waals surface area contributed by atoms with Gasteiger partial charge in [-0.1, -0.05) is 0 Å². The molecule has 2 N–H and O–H groups in total. The normalized spacial score (nSPS) is 11.4. The summed E-state index contributed by atoms with van der Waals surface area (Å²) in [6.45, 7) is 1.59. The predicted molar refractivity (Wildman–Crippen MR) is 64.3 cm³/mol. The summed E-state index contributed by atoms with van der Waals surface area (Å²) >= 11 is 0. The minimum Gasteiger partial charge on any atom is -0.321 e. The number of anilines is 2. The van der Waals surface area contributed by atoms with Crippen molar-refractivity contribution in [3.63, 3.8) is 0 Å². The predicted octanol–water partition coefficient (Wildman–Crippen LogP) is 1.57. The zero-order valence-corrected chi connectivity index (χ0v) is 10.5. The monoisotopic (exact) mass is 278 g/mol. The van der Waals surface area contributed by atoms with Crippen LogP contribution in [0.5, 0.6) is 0 Å². The lowest BCUT2D eigenvalue weighted by Crippen LogP contribution is -2.20. The van der Waals surface area contributed by atoms with Crippen molar-refractivity contribution < 1.29 is 22.0 Å². The van der Waals surface area contributed by atoms with Crippen molar-refractivity contribution >= 4 is 27.3 Å². The summed E-state index contributed by atoms with van der Waals surface area (Å²) in [7, 11) is -3.41. The maximum Gasteiger partial charge on any atom is 0.315 e. The van der Waals surface area contributed by atoms with Crippen LogP contribution in [0.15, 0.2) is 18.2 Å². The molecule has 0 unspecified atom stereocenters. The van der Waals surface area contributed by atoms with Crippen LogP contribution in [0.2, 0.25) is 0 Å². The minimum absolute atomic E-state index is 0.178. The van der Waals surface area contributed by atoms with E-state index in [0.29, 0.717) is 11.3 Å². The Morgan fingerprint density at radius 1 is 1.33 bits per heavy atom. The van der Waals surface area contributed by atoms with Crippen molar-refractivity contribution in [3.8, 4) is 0 Å². The van der Waals surface area contributed by atoms with Crippen LogP contribution in [-0.2, 0) is 14.8 Å². The quantitative estimate of drug-likeness (QED) is 0.877. The molecule has 1 aromatic rings. The van der Waals surface area contributed by atoms with Gasteiger partial charge in [0.1, 0.15) is 0 Å². The van der Waals surface area contributed by atoms with Crippen LogP contribution < -0.4 is 10.0 Å². The van der Waals surface area contributed by atoms with Crippen molar-refractivity contribution in [2.24, 2.45) is 0 Å². The number of alkyl halides is 2. The number of carbonyl (C=O) groups is 1. The average molecular weight is 278 g/mol. The van der Waals surface area contributed by atoms with Gasteiger partial charge < -0.3 is 5.32 Å². The van der Waals surface area contributed by atoms with Crippen molar-refractivity contribution in [3.05, 3.63) is 23.8 Å². The number of benzene rings is 1. The first-order valence-electron chi connectivity index (χ1n) is 4.86. The van der Waals surface area contributed by atoms with E-state index >= 15 is 0 Å². The molecule has 0 saturated heterocycles. The highest BCUT2D eigenvalue weighted by molar-refractivity contribution is 7.92. The number of amides is 1. The van der Waals surface area contributed by atoms with Crippen molar-refractivity contribution in [1.29, 1.82) is 0 Å². The summed E-state index contributed by atoms with van der Waals surface area (Å²) in [6, 6.07) is 4.12. The molecular weight excluding hydrogens is 266 g/mol. The summed E-state index contributed by atoms with van der Waals surface area (Å²) in [5, 5.41) is 2.01. The fourth-order valence-electron chi connectivity index (χ4n) is 1.25. The number of carbonyl (C=O) groups excluding carboxylic acids is 1. The van der Waals surface area contributed by atoms with Crippen LogP contribution in [0.25, 0.3) is 0 Å². The van der Waals surface area contributed by atoms with E-state index in [1.165, 1.54) is 18.2 Å². The summed E-state index contributed by atoms with van der Waals surface area (Å²) in [6.07, 6.45) is -2.10. The van der Waals surface area contributed by atoms with Crippen LogP contribution in [0.3, 0.4) is 0 Å².